The summed E-state index contributed by atoms with van der Waals surface area (Å²) < 4.78 is 0. The molecule has 10 heavy (non-hydrogen) atoms. The molecule has 0 bridgehead atoms. The van der Waals surface area contributed by atoms with E-state index in [4.69, 9.17) is 0 Å². The monoisotopic (exact) mass is 156 g/mol. The molecule has 1 aromatic heterocycles. The van der Waals surface area contributed by atoms with Crippen LogP contribution in [-0.2, 0) is 0 Å². The number of hydrogen-bond donors (Lipinski definition) is 1. The van der Waals surface area contributed by atoms with Crippen LogP contribution >= 0.6 is 11.3 Å². The van der Waals surface area contributed by atoms with E-state index in [1.165, 1.54) is 0 Å². The Balaban J connectivity index is 2.68. The molecule has 0 aliphatic rings. The molecular weight excluding hydrogens is 144 g/mol. The van der Waals surface area contributed by atoms with Gasteiger partial charge in [-0.05, 0) is 28.3 Å². The fraction of sp³-hybridized carbons (Fsp3) is 0.500. The highest BCUT2D eigenvalue weighted by atomic mass is 32.1. The van der Waals surface area contributed by atoms with E-state index < -0.39 is 0 Å². The number of aliphatic hydroxyl groups is 1. The Morgan fingerprint density at radius 1 is 1.50 bits per heavy atom. The van der Waals surface area contributed by atoms with Gasteiger partial charge in [0.15, 0.2) is 0 Å². The zero-order chi connectivity index (χ0) is 7.56. The van der Waals surface area contributed by atoms with E-state index in [0.29, 0.717) is 5.92 Å². The van der Waals surface area contributed by atoms with E-state index >= 15 is 0 Å². The summed E-state index contributed by atoms with van der Waals surface area (Å²) in [7, 11) is 0. The van der Waals surface area contributed by atoms with Crippen molar-refractivity contribution in [2.45, 2.75) is 20.0 Å². The molecule has 1 nitrogen and oxygen atoms in total. The summed E-state index contributed by atoms with van der Waals surface area (Å²) in [5, 5.41) is 13.5. The molecule has 0 saturated carbocycles. The third-order valence-corrected chi connectivity index (χ3v) is 2.22. The van der Waals surface area contributed by atoms with Gasteiger partial charge in [-0.1, -0.05) is 13.8 Å². The van der Waals surface area contributed by atoms with Gasteiger partial charge in [0.2, 0.25) is 0 Å². The molecule has 0 spiro atoms. The lowest BCUT2D eigenvalue weighted by atomic mass is 10.0. The third kappa shape index (κ3) is 1.58. The van der Waals surface area contributed by atoms with Crippen LogP contribution in [0.25, 0.3) is 0 Å². The van der Waals surface area contributed by atoms with Crippen molar-refractivity contribution in [3.63, 3.8) is 0 Å². The van der Waals surface area contributed by atoms with Crippen molar-refractivity contribution in [3.05, 3.63) is 22.4 Å². The van der Waals surface area contributed by atoms with Gasteiger partial charge < -0.3 is 5.11 Å². The molecule has 1 unspecified atom stereocenters. The Morgan fingerprint density at radius 3 is 2.60 bits per heavy atom. The summed E-state index contributed by atoms with van der Waals surface area (Å²) in [6.07, 6.45) is -0.286. The average Bonchev–Trinajstić information content (AvgIpc) is 2.36. The van der Waals surface area contributed by atoms with Gasteiger partial charge in [0, 0.05) is 0 Å². The molecule has 0 aliphatic heterocycles. The van der Waals surface area contributed by atoms with Crippen molar-refractivity contribution in [1.29, 1.82) is 0 Å². The van der Waals surface area contributed by atoms with Crippen LogP contribution < -0.4 is 0 Å². The Bertz CT molecular complexity index is 179. The zero-order valence-corrected chi connectivity index (χ0v) is 7.06. The Kier molecular flexibility index (Phi) is 2.46. The minimum atomic E-state index is -0.286. The molecule has 0 saturated heterocycles. The highest BCUT2D eigenvalue weighted by Crippen LogP contribution is 2.22. The quantitative estimate of drug-likeness (QED) is 0.697. The summed E-state index contributed by atoms with van der Waals surface area (Å²) in [5.74, 6) is 0.314. The first-order chi connectivity index (χ1) is 4.72. The summed E-state index contributed by atoms with van der Waals surface area (Å²) in [5.41, 5.74) is 1.04. The maximum absolute atomic E-state index is 9.49. The number of rotatable bonds is 2. The van der Waals surface area contributed by atoms with Gasteiger partial charge in [0.05, 0.1) is 6.10 Å². The van der Waals surface area contributed by atoms with Crippen LogP contribution in [0.5, 0.6) is 0 Å². The predicted octanol–water partition coefficient (Wildman–Crippen LogP) is 2.44. The molecule has 0 aliphatic carbocycles. The second-order valence-corrected chi connectivity index (χ2v) is 3.53. The first kappa shape index (κ1) is 7.76. The summed E-state index contributed by atoms with van der Waals surface area (Å²) in [6.45, 7) is 4.03. The van der Waals surface area contributed by atoms with Gasteiger partial charge in [-0.15, -0.1) is 0 Å². The zero-order valence-electron chi connectivity index (χ0n) is 6.24. The maximum Gasteiger partial charge on any atom is 0.0820 e. The van der Waals surface area contributed by atoms with Gasteiger partial charge >= 0.3 is 0 Å². The number of hydrogen-bond acceptors (Lipinski definition) is 2. The van der Waals surface area contributed by atoms with E-state index in [1.54, 1.807) is 11.3 Å². The molecule has 0 fully saturated rings. The number of thiophene rings is 1. The summed E-state index contributed by atoms with van der Waals surface area (Å²) in [4.78, 5) is 0. The Morgan fingerprint density at radius 2 is 2.20 bits per heavy atom. The second-order valence-electron chi connectivity index (χ2n) is 2.75. The smallest absolute Gasteiger partial charge is 0.0820 e. The van der Waals surface area contributed by atoms with Gasteiger partial charge in [-0.25, -0.2) is 0 Å². The van der Waals surface area contributed by atoms with Crippen LogP contribution in [-0.4, -0.2) is 5.11 Å². The highest BCUT2D eigenvalue weighted by Gasteiger charge is 2.10. The lowest BCUT2D eigenvalue weighted by molar-refractivity contribution is 0.127. The normalized spacial score (nSPS) is 14.0. The van der Waals surface area contributed by atoms with Crippen molar-refractivity contribution in [1.82, 2.24) is 0 Å². The fourth-order valence-electron chi connectivity index (χ4n) is 0.828. The molecule has 0 amide bonds. The van der Waals surface area contributed by atoms with E-state index in [9.17, 15) is 5.11 Å². The lowest BCUT2D eigenvalue weighted by Gasteiger charge is -2.11. The molecule has 1 rings (SSSR count). The van der Waals surface area contributed by atoms with Crippen molar-refractivity contribution in [2.24, 2.45) is 5.92 Å². The van der Waals surface area contributed by atoms with Gasteiger partial charge in [-0.3, -0.25) is 0 Å². The van der Waals surface area contributed by atoms with Crippen LogP contribution in [0.15, 0.2) is 16.8 Å². The minimum Gasteiger partial charge on any atom is -0.388 e. The third-order valence-electron chi connectivity index (χ3n) is 1.52. The van der Waals surface area contributed by atoms with E-state index in [-0.39, 0.29) is 6.10 Å². The van der Waals surface area contributed by atoms with E-state index in [2.05, 4.69) is 0 Å². The van der Waals surface area contributed by atoms with Crippen molar-refractivity contribution < 1.29 is 5.11 Å². The molecule has 1 N–H and O–H groups in total. The summed E-state index contributed by atoms with van der Waals surface area (Å²) in [6, 6.07) is 1.97. The molecule has 56 valence electrons. The van der Waals surface area contributed by atoms with E-state index in [0.717, 1.165) is 5.56 Å². The van der Waals surface area contributed by atoms with Crippen LogP contribution in [0.3, 0.4) is 0 Å². The fourth-order valence-corrected chi connectivity index (χ4v) is 1.52. The molecular formula is C8H12OS. The largest absolute Gasteiger partial charge is 0.388 e. The van der Waals surface area contributed by atoms with Crippen LogP contribution in [0, 0.1) is 5.92 Å². The van der Waals surface area contributed by atoms with Crippen LogP contribution in [0.1, 0.15) is 25.5 Å². The number of aliphatic hydroxyl groups excluding tert-OH is 1. The second kappa shape index (κ2) is 3.17. The van der Waals surface area contributed by atoms with E-state index in [1.807, 2.05) is 30.7 Å². The molecule has 2 heteroatoms. The van der Waals surface area contributed by atoms with Gasteiger partial charge in [0.25, 0.3) is 0 Å². The van der Waals surface area contributed by atoms with Crippen LogP contribution in [0.4, 0.5) is 0 Å². The maximum atomic E-state index is 9.49. The molecule has 1 heterocycles. The minimum absolute atomic E-state index is 0.286. The first-order valence-corrected chi connectivity index (χ1v) is 4.36. The molecule has 0 radical (unpaired) electrons. The predicted molar refractivity (Wildman–Crippen MR) is 44.1 cm³/mol. The average molecular weight is 156 g/mol. The first-order valence-electron chi connectivity index (χ1n) is 3.42. The lowest BCUT2D eigenvalue weighted by Crippen LogP contribution is -2.03. The topological polar surface area (TPSA) is 20.2 Å². The van der Waals surface area contributed by atoms with Crippen LogP contribution in [0.2, 0.25) is 0 Å². The highest BCUT2D eigenvalue weighted by molar-refractivity contribution is 7.07. The standard InChI is InChI=1S/C8H12OS/c1-6(2)8(9)7-3-4-10-5-7/h3-6,8-9H,1-2H3. The Labute approximate surface area is 65.3 Å². The van der Waals surface area contributed by atoms with Crippen molar-refractivity contribution in [3.8, 4) is 0 Å². The summed E-state index contributed by atoms with van der Waals surface area (Å²) >= 11 is 1.63. The SMILES string of the molecule is CC(C)C(O)c1ccsc1. The van der Waals surface area contributed by atoms with Gasteiger partial charge in [-0.2, -0.15) is 11.3 Å². The van der Waals surface area contributed by atoms with Gasteiger partial charge in [0.1, 0.15) is 0 Å². The van der Waals surface area contributed by atoms with Crippen molar-refractivity contribution >= 4 is 11.3 Å². The molecule has 0 aromatic carbocycles. The molecule has 1 aromatic rings. The van der Waals surface area contributed by atoms with Crippen molar-refractivity contribution in [2.75, 3.05) is 0 Å². The molecule has 1 atom stereocenters. The Hall–Kier alpha value is -0.340.